The molecule has 0 amide bonds. The van der Waals surface area contributed by atoms with E-state index in [2.05, 4.69) is 12.0 Å². The van der Waals surface area contributed by atoms with Gasteiger partial charge in [-0.2, -0.15) is 5.10 Å². The van der Waals surface area contributed by atoms with Gasteiger partial charge < -0.3 is 5.11 Å². The lowest BCUT2D eigenvalue weighted by atomic mass is 9.83. The highest BCUT2D eigenvalue weighted by Crippen LogP contribution is 2.33. The van der Waals surface area contributed by atoms with Crippen molar-refractivity contribution in [2.45, 2.75) is 51.7 Å². The second-order valence-corrected chi connectivity index (χ2v) is 4.47. The normalized spacial score (nSPS) is 20.4. The van der Waals surface area contributed by atoms with Gasteiger partial charge in [0.05, 0.1) is 12.3 Å². The third kappa shape index (κ3) is 2.40. The zero-order valence-corrected chi connectivity index (χ0v) is 9.39. The molecule has 1 aromatic rings. The van der Waals surface area contributed by atoms with Crippen LogP contribution in [-0.2, 0) is 6.54 Å². The van der Waals surface area contributed by atoms with Crippen LogP contribution in [0.4, 0.5) is 0 Å². The molecule has 1 aliphatic rings. The van der Waals surface area contributed by atoms with Gasteiger partial charge in [-0.1, -0.05) is 19.3 Å². The molecule has 1 N–H and O–H groups in total. The molecule has 3 heteroatoms. The Morgan fingerprint density at radius 3 is 2.80 bits per heavy atom. The van der Waals surface area contributed by atoms with Gasteiger partial charge in [-0.05, 0) is 25.7 Å². The maximum absolute atomic E-state index is 10.2. The van der Waals surface area contributed by atoms with Gasteiger partial charge in [0.2, 0.25) is 0 Å². The second-order valence-electron chi connectivity index (χ2n) is 4.47. The Labute approximate surface area is 91.1 Å². The van der Waals surface area contributed by atoms with Gasteiger partial charge in [0.15, 0.2) is 0 Å². The number of aryl methyl sites for hydroxylation is 1. The fourth-order valence-electron chi connectivity index (χ4n) is 2.43. The fourth-order valence-corrected chi connectivity index (χ4v) is 2.43. The monoisotopic (exact) mass is 208 g/mol. The van der Waals surface area contributed by atoms with Crippen LogP contribution in [0.3, 0.4) is 0 Å². The van der Waals surface area contributed by atoms with Crippen molar-refractivity contribution in [1.29, 1.82) is 0 Å². The third-order valence-corrected chi connectivity index (χ3v) is 3.42. The molecule has 0 aliphatic heterocycles. The molecule has 1 saturated carbocycles. The summed E-state index contributed by atoms with van der Waals surface area (Å²) in [6.45, 7) is 2.93. The summed E-state index contributed by atoms with van der Waals surface area (Å²) in [5.41, 5.74) is 0.990. The van der Waals surface area contributed by atoms with E-state index in [-0.39, 0.29) is 6.10 Å². The first-order chi connectivity index (χ1) is 7.31. The lowest BCUT2D eigenvalue weighted by Gasteiger charge is -2.25. The van der Waals surface area contributed by atoms with Crippen LogP contribution in [0.5, 0.6) is 0 Å². The van der Waals surface area contributed by atoms with E-state index < -0.39 is 0 Å². The highest BCUT2D eigenvalue weighted by atomic mass is 16.3. The summed E-state index contributed by atoms with van der Waals surface area (Å²) >= 11 is 0. The molecule has 1 atom stereocenters. The van der Waals surface area contributed by atoms with Crippen LogP contribution in [0.15, 0.2) is 12.4 Å². The molecular formula is C12H20N2O. The van der Waals surface area contributed by atoms with E-state index in [0.717, 1.165) is 12.1 Å². The van der Waals surface area contributed by atoms with Gasteiger partial charge in [0.1, 0.15) is 0 Å². The summed E-state index contributed by atoms with van der Waals surface area (Å²) < 4.78 is 1.88. The van der Waals surface area contributed by atoms with Gasteiger partial charge in [-0.25, -0.2) is 0 Å². The van der Waals surface area contributed by atoms with E-state index in [1.807, 2.05) is 17.1 Å². The number of rotatable bonds is 3. The first-order valence-corrected chi connectivity index (χ1v) is 6.01. The van der Waals surface area contributed by atoms with Crippen molar-refractivity contribution < 1.29 is 5.11 Å². The smallest absolute Gasteiger partial charge is 0.0848 e. The quantitative estimate of drug-likeness (QED) is 0.828. The van der Waals surface area contributed by atoms with Crippen LogP contribution in [0.1, 0.15) is 50.7 Å². The molecule has 1 aromatic heterocycles. The number of aliphatic hydroxyl groups is 1. The third-order valence-electron chi connectivity index (χ3n) is 3.42. The van der Waals surface area contributed by atoms with E-state index in [1.54, 1.807) is 0 Å². The summed E-state index contributed by atoms with van der Waals surface area (Å²) in [6.07, 6.45) is 9.68. The standard InChI is InChI=1S/C12H20N2O/c1-2-14-9-11(8-13-14)12(15)10-6-4-3-5-7-10/h8-10,12,15H,2-7H2,1H3. The minimum Gasteiger partial charge on any atom is -0.388 e. The molecule has 15 heavy (non-hydrogen) atoms. The van der Waals surface area contributed by atoms with Gasteiger partial charge >= 0.3 is 0 Å². The Kier molecular flexibility index (Phi) is 3.41. The molecule has 1 heterocycles. The molecule has 0 spiro atoms. The van der Waals surface area contributed by atoms with Crippen molar-refractivity contribution in [1.82, 2.24) is 9.78 Å². The highest BCUT2D eigenvalue weighted by Gasteiger charge is 2.23. The zero-order chi connectivity index (χ0) is 10.7. The van der Waals surface area contributed by atoms with E-state index in [1.165, 1.54) is 32.1 Å². The SMILES string of the molecule is CCn1cc(C(O)C2CCCCC2)cn1. The van der Waals surface area contributed by atoms with Crippen LogP contribution < -0.4 is 0 Å². The number of aromatic nitrogens is 2. The van der Waals surface area contributed by atoms with Gasteiger partial charge in [-0.3, -0.25) is 4.68 Å². The largest absolute Gasteiger partial charge is 0.388 e. The number of nitrogens with zero attached hydrogens (tertiary/aromatic N) is 2. The van der Waals surface area contributed by atoms with Gasteiger partial charge in [0, 0.05) is 18.3 Å². The molecule has 0 saturated heterocycles. The molecule has 1 fully saturated rings. The van der Waals surface area contributed by atoms with Crippen LogP contribution in [0.25, 0.3) is 0 Å². The molecule has 84 valence electrons. The molecule has 0 radical (unpaired) electrons. The Morgan fingerprint density at radius 2 is 2.20 bits per heavy atom. The molecular weight excluding hydrogens is 188 g/mol. The topological polar surface area (TPSA) is 38.0 Å². The van der Waals surface area contributed by atoms with Crippen molar-refractivity contribution >= 4 is 0 Å². The molecule has 1 aliphatic carbocycles. The predicted octanol–water partition coefficient (Wildman–Crippen LogP) is 2.52. The maximum atomic E-state index is 10.2. The first-order valence-electron chi connectivity index (χ1n) is 6.01. The lowest BCUT2D eigenvalue weighted by molar-refractivity contribution is 0.0848. The van der Waals surface area contributed by atoms with Gasteiger partial charge in [0.25, 0.3) is 0 Å². The molecule has 1 unspecified atom stereocenters. The minimum absolute atomic E-state index is 0.300. The second kappa shape index (κ2) is 4.79. The Balaban J connectivity index is 2.02. The van der Waals surface area contributed by atoms with Crippen LogP contribution in [0.2, 0.25) is 0 Å². The number of aliphatic hydroxyl groups excluding tert-OH is 1. The van der Waals surface area contributed by atoms with Crippen molar-refractivity contribution in [3.05, 3.63) is 18.0 Å². The van der Waals surface area contributed by atoms with Crippen molar-refractivity contribution in [2.75, 3.05) is 0 Å². The maximum Gasteiger partial charge on any atom is 0.0848 e. The Morgan fingerprint density at radius 1 is 1.47 bits per heavy atom. The lowest BCUT2D eigenvalue weighted by Crippen LogP contribution is -2.15. The minimum atomic E-state index is -0.300. The Hall–Kier alpha value is -0.830. The number of hydrogen-bond donors (Lipinski definition) is 1. The number of hydrogen-bond acceptors (Lipinski definition) is 2. The van der Waals surface area contributed by atoms with Gasteiger partial charge in [-0.15, -0.1) is 0 Å². The summed E-state index contributed by atoms with van der Waals surface area (Å²) in [4.78, 5) is 0. The Bertz CT molecular complexity index is 302. The molecule has 2 rings (SSSR count). The van der Waals surface area contributed by atoms with Crippen LogP contribution in [0, 0.1) is 5.92 Å². The van der Waals surface area contributed by atoms with Crippen molar-refractivity contribution in [3.63, 3.8) is 0 Å². The van der Waals surface area contributed by atoms with Crippen LogP contribution >= 0.6 is 0 Å². The molecule has 3 nitrogen and oxygen atoms in total. The summed E-state index contributed by atoms with van der Waals surface area (Å²) in [7, 11) is 0. The van der Waals surface area contributed by atoms with Crippen LogP contribution in [-0.4, -0.2) is 14.9 Å². The summed E-state index contributed by atoms with van der Waals surface area (Å²) in [5.74, 6) is 0.452. The van der Waals surface area contributed by atoms with E-state index in [4.69, 9.17) is 0 Å². The molecule has 0 aromatic carbocycles. The van der Waals surface area contributed by atoms with E-state index >= 15 is 0 Å². The highest BCUT2D eigenvalue weighted by molar-refractivity contribution is 5.09. The average molecular weight is 208 g/mol. The van der Waals surface area contributed by atoms with Crippen molar-refractivity contribution in [2.24, 2.45) is 5.92 Å². The summed E-state index contributed by atoms with van der Waals surface area (Å²) in [5, 5.41) is 14.4. The van der Waals surface area contributed by atoms with E-state index in [9.17, 15) is 5.11 Å². The fraction of sp³-hybridized carbons (Fsp3) is 0.750. The average Bonchev–Trinajstić information content (AvgIpc) is 2.78. The van der Waals surface area contributed by atoms with E-state index in [0.29, 0.717) is 5.92 Å². The van der Waals surface area contributed by atoms with Crippen molar-refractivity contribution in [3.8, 4) is 0 Å². The molecule has 0 bridgehead atoms. The zero-order valence-electron chi connectivity index (χ0n) is 9.39. The first kappa shape index (κ1) is 10.7. The summed E-state index contributed by atoms with van der Waals surface area (Å²) in [6, 6.07) is 0. The predicted molar refractivity (Wildman–Crippen MR) is 59.4 cm³/mol.